The SMILES string of the molecule is COC(=O)C(C)(N)CCCSc1ncco1. The molecule has 0 saturated heterocycles. The summed E-state index contributed by atoms with van der Waals surface area (Å²) >= 11 is 1.50. The summed E-state index contributed by atoms with van der Waals surface area (Å²) in [6.07, 6.45) is 4.51. The van der Waals surface area contributed by atoms with Crippen molar-refractivity contribution in [2.45, 2.75) is 30.5 Å². The van der Waals surface area contributed by atoms with Gasteiger partial charge < -0.3 is 14.9 Å². The first-order valence-electron chi connectivity index (χ1n) is 4.96. The van der Waals surface area contributed by atoms with E-state index in [1.807, 2.05) is 0 Å². The van der Waals surface area contributed by atoms with Crippen molar-refractivity contribution in [1.82, 2.24) is 4.98 Å². The van der Waals surface area contributed by atoms with Gasteiger partial charge in [-0.1, -0.05) is 11.8 Å². The molecule has 1 aromatic rings. The summed E-state index contributed by atoms with van der Waals surface area (Å²) < 4.78 is 9.68. The number of hydrogen-bond acceptors (Lipinski definition) is 6. The van der Waals surface area contributed by atoms with Crippen molar-refractivity contribution in [3.05, 3.63) is 12.5 Å². The molecule has 0 spiro atoms. The molecule has 1 rings (SSSR count). The molecular formula is C10H16N2O3S. The number of ether oxygens (including phenoxy) is 1. The Hall–Kier alpha value is -1.01. The highest BCUT2D eigenvalue weighted by molar-refractivity contribution is 7.99. The minimum Gasteiger partial charge on any atom is -0.468 e. The average Bonchev–Trinajstić information content (AvgIpc) is 2.76. The van der Waals surface area contributed by atoms with Crippen LogP contribution < -0.4 is 5.73 Å². The van der Waals surface area contributed by atoms with Gasteiger partial charge in [-0.05, 0) is 19.8 Å². The minimum absolute atomic E-state index is 0.381. The molecule has 0 fully saturated rings. The van der Waals surface area contributed by atoms with E-state index in [0.29, 0.717) is 11.6 Å². The second-order valence-electron chi connectivity index (χ2n) is 3.66. The third-order valence-corrected chi connectivity index (χ3v) is 3.07. The van der Waals surface area contributed by atoms with E-state index in [-0.39, 0.29) is 5.97 Å². The summed E-state index contributed by atoms with van der Waals surface area (Å²) in [6, 6.07) is 0. The Morgan fingerprint density at radius 1 is 1.75 bits per heavy atom. The van der Waals surface area contributed by atoms with Crippen LogP contribution in [-0.2, 0) is 9.53 Å². The Bertz CT molecular complexity index is 325. The quantitative estimate of drug-likeness (QED) is 0.463. The third-order valence-electron chi connectivity index (χ3n) is 2.13. The highest BCUT2D eigenvalue weighted by Gasteiger charge is 2.28. The lowest BCUT2D eigenvalue weighted by Crippen LogP contribution is -2.45. The van der Waals surface area contributed by atoms with Gasteiger partial charge in [0.2, 0.25) is 0 Å². The second kappa shape index (κ2) is 5.91. The molecule has 0 aromatic carbocycles. The fourth-order valence-corrected chi connectivity index (χ4v) is 1.94. The van der Waals surface area contributed by atoms with Crippen LogP contribution >= 0.6 is 11.8 Å². The highest BCUT2D eigenvalue weighted by atomic mass is 32.2. The van der Waals surface area contributed by atoms with E-state index in [1.54, 1.807) is 13.1 Å². The lowest BCUT2D eigenvalue weighted by atomic mass is 9.98. The summed E-state index contributed by atoms with van der Waals surface area (Å²) in [7, 11) is 1.34. The first kappa shape index (κ1) is 13.1. The lowest BCUT2D eigenvalue weighted by molar-refractivity contribution is -0.146. The maximum absolute atomic E-state index is 11.3. The summed E-state index contributed by atoms with van der Waals surface area (Å²) in [5, 5.41) is 0.636. The number of carbonyl (C=O) groups excluding carboxylic acids is 1. The minimum atomic E-state index is -0.911. The van der Waals surface area contributed by atoms with E-state index in [4.69, 9.17) is 10.2 Å². The zero-order valence-corrected chi connectivity index (χ0v) is 10.3. The Morgan fingerprint density at radius 3 is 3.06 bits per heavy atom. The first-order valence-corrected chi connectivity index (χ1v) is 5.94. The lowest BCUT2D eigenvalue weighted by Gasteiger charge is -2.20. The molecule has 0 radical (unpaired) electrons. The van der Waals surface area contributed by atoms with E-state index in [2.05, 4.69) is 9.72 Å². The third kappa shape index (κ3) is 3.86. The number of nitrogens with zero attached hydrogens (tertiary/aromatic N) is 1. The van der Waals surface area contributed by atoms with Crippen LogP contribution in [0.15, 0.2) is 22.1 Å². The zero-order chi connectivity index (χ0) is 12.0. The molecule has 2 N–H and O–H groups in total. The van der Waals surface area contributed by atoms with Gasteiger partial charge in [-0.2, -0.15) is 0 Å². The van der Waals surface area contributed by atoms with Crippen LogP contribution in [0.4, 0.5) is 0 Å². The van der Waals surface area contributed by atoms with E-state index in [1.165, 1.54) is 25.1 Å². The molecule has 0 amide bonds. The highest BCUT2D eigenvalue weighted by Crippen LogP contribution is 2.19. The number of esters is 1. The molecule has 1 heterocycles. The topological polar surface area (TPSA) is 78.4 Å². The number of thioether (sulfide) groups is 1. The molecule has 0 saturated carbocycles. The first-order chi connectivity index (χ1) is 7.56. The van der Waals surface area contributed by atoms with E-state index < -0.39 is 5.54 Å². The van der Waals surface area contributed by atoms with Crippen molar-refractivity contribution in [2.75, 3.05) is 12.9 Å². The van der Waals surface area contributed by atoms with Crippen molar-refractivity contribution >= 4 is 17.7 Å². The molecule has 5 nitrogen and oxygen atoms in total. The number of methoxy groups -OCH3 is 1. The summed E-state index contributed by atoms with van der Waals surface area (Å²) in [4.78, 5) is 15.2. The zero-order valence-electron chi connectivity index (χ0n) is 9.43. The van der Waals surface area contributed by atoms with Crippen molar-refractivity contribution in [1.29, 1.82) is 0 Å². The van der Waals surface area contributed by atoms with Crippen LogP contribution in [0, 0.1) is 0 Å². The predicted molar refractivity (Wildman–Crippen MR) is 61.1 cm³/mol. The molecule has 0 bridgehead atoms. The van der Waals surface area contributed by atoms with E-state index in [0.717, 1.165) is 12.2 Å². The molecule has 1 aromatic heterocycles. The van der Waals surface area contributed by atoms with Crippen LogP contribution in [0.25, 0.3) is 0 Å². The Kier molecular flexibility index (Phi) is 4.82. The van der Waals surface area contributed by atoms with Gasteiger partial charge in [0.25, 0.3) is 5.22 Å². The number of aromatic nitrogens is 1. The summed E-state index contributed by atoms with van der Waals surface area (Å²) in [5.74, 6) is 0.429. The standard InChI is InChI=1S/C10H16N2O3S/c1-10(11,8(13)14-2)4-3-7-16-9-12-5-6-15-9/h5-6H,3-4,7,11H2,1-2H3. The molecule has 0 aliphatic rings. The maximum atomic E-state index is 11.3. The van der Waals surface area contributed by atoms with Crippen LogP contribution in [-0.4, -0.2) is 29.4 Å². The summed E-state index contributed by atoms with van der Waals surface area (Å²) in [6.45, 7) is 1.68. The monoisotopic (exact) mass is 244 g/mol. The summed E-state index contributed by atoms with van der Waals surface area (Å²) in [5.41, 5.74) is 4.90. The molecular weight excluding hydrogens is 228 g/mol. The van der Waals surface area contributed by atoms with Crippen molar-refractivity contribution in [3.8, 4) is 0 Å². The van der Waals surface area contributed by atoms with Gasteiger partial charge in [-0.15, -0.1) is 0 Å². The van der Waals surface area contributed by atoms with Gasteiger partial charge in [0.1, 0.15) is 11.8 Å². The van der Waals surface area contributed by atoms with Gasteiger partial charge >= 0.3 is 5.97 Å². The van der Waals surface area contributed by atoms with Gasteiger partial charge in [0, 0.05) is 5.75 Å². The predicted octanol–water partition coefficient (Wildman–Crippen LogP) is 1.44. The molecule has 1 atom stereocenters. The molecule has 90 valence electrons. The fraction of sp³-hybridized carbons (Fsp3) is 0.600. The molecule has 1 unspecified atom stereocenters. The number of rotatable bonds is 6. The second-order valence-corrected chi connectivity index (χ2v) is 4.71. The van der Waals surface area contributed by atoms with Gasteiger partial charge in [-0.25, -0.2) is 4.98 Å². The molecule has 0 aliphatic carbocycles. The van der Waals surface area contributed by atoms with E-state index >= 15 is 0 Å². The number of hydrogen-bond donors (Lipinski definition) is 1. The number of oxazole rings is 1. The fourth-order valence-electron chi connectivity index (χ4n) is 1.22. The van der Waals surface area contributed by atoms with Gasteiger partial charge in [0.05, 0.1) is 13.3 Å². The normalized spacial score (nSPS) is 14.4. The van der Waals surface area contributed by atoms with E-state index in [9.17, 15) is 4.79 Å². The molecule has 6 heteroatoms. The van der Waals surface area contributed by atoms with Crippen molar-refractivity contribution in [3.63, 3.8) is 0 Å². The smallest absolute Gasteiger partial charge is 0.325 e. The Morgan fingerprint density at radius 2 is 2.50 bits per heavy atom. The van der Waals surface area contributed by atoms with Gasteiger partial charge in [0.15, 0.2) is 0 Å². The Labute approximate surface area is 98.7 Å². The Balaban J connectivity index is 2.22. The number of carbonyl (C=O) groups is 1. The van der Waals surface area contributed by atoms with Crippen molar-refractivity contribution in [2.24, 2.45) is 5.73 Å². The van der Waals surface area contributed by atoms with Crippen LogP contribution in [0.1, 0.15) is 19.8 Å². The van der Waals surface area contributed by atoms with Crippen LogP contribution in [0.2, 0.25) is 0 Å². The number of nitrogens with two attached hydrogens (primary N) is 1. The van der Waals surface area contributed by atoms with Crippen molar-refractivity contribution < 1.29 is 13.9 Å². The molecule has 16 heavy (non-hydrogen) atoms. The van der Waals surface area contributed by atoms with Crippen LogP contribution in [0.3, 0.4) is 0 Å². The van der Waals surface area contributed by atoms with Crippen LogP contribution in [0.5, 0.6) is 0 Å². The maximum Gasteiger partial charge on any atom is 0.325 e. The molecule has 0 aliphatic heterocycles. The average molecular weight is 244 g/mol. The largest absolute Gasteiger partial charge is 0.468 e. The van der Waals surface area contributed by atoms with Gasteiger partial charge in [-0.3, -0.25) is 4.79 Å².